The predicted molar refractivity (Wildman–Crippen MR) is 101 cm³/mol. The van der Waals surface area contributed by atoms with Crippen molar-refractivity contribution in [3.05, 3.63) is 28.4 Å². The highest BCUT2D eigenvalue weighted by molar-refractivity contribution is 8.01. The monoisotopic (exact) mass is 405 g/mol. The molecule has 1 heterocycles. The van der Waals surface area contributed by atoms with E-state index in [1.165, 1.54) is 0 Å². The lowest BCUT2D eigenvalue weighted by molar-refractivity contribution is 0.0118. The minimum atomic E-state index is -1.61. The van der Waals surface area contributed by atoms with E-state index < -0.39 is 7.38 Å². The minimum absolute atomic E-state index is 0.338. The first kappa shape index (κ1) is 22.2. The highest BCUT2D eigenvalue weighted by Gasteiger charge is 2.17. The molecule has 0 aromatic carbocycles. The van der Waals surface area contributed by atoms with E-state index in [0.717, 1.165) is 16.1 Å². The quantitative estimate of drug-likeness (QED) is 0.0686. The lowest BCUT2D eigenvalue weighted by Crippen LogP contribution is -2.20. The van der Waals surface area contributed by atoms with Gasteiger partial charge < -0.3 is 14.2 Å². The van der Waals surface area contributed by atoms with Gasteiger partial charge in [-0.2, -0.15) is 11.1 Å². The molecule has 0 aliphatic rings. The van der Waals surface area contributed by atoms with Crippen molar-refractivity contribution >= 4 is 30.2 Å². The normalized spacial score (nSPS) is 11.3. The fourth-order valence-corrected chi connectivity index (χ4v) is 4.14. The molecule has 0 atom stereocenters. The van der Waals surface area contributed by atoms with Gasteiger partial charge in [-0.3, -0.25) is 0 Å². The minimum Gasteiger partial charge on any atom is -0.379 e. The second-order valence-corrected chi connectivity index (χ2v) is 13.9. The molecular weight excluding hydrogens is 382 g/mol. The molecule has 0 aliphatic carbocycles. The molecule has 0 radical (unpaired) electrons. The number of hydrogen-bond donors (Lipinski definition) is 0. The smallest absolute Gasteiger partial charge is 0.187 e. The maximum Gasteiger partial charge on any atom is 0.187 e. The lowest BCUT2D eigenvalue weighted by atomic mass is 10.4. The maximum atomic E-state index is 8.09. The molecule has 0 spiro atoms. The maximum absolute atomic E-state index is 8.09. The van der Waals surface area contributed by atoms with Crippen LogP contribution < -0.4 is 0 Å². The van der Waals surface area contributed by atoms with Crippen molar-refractivity contribution in [2.75, 3.05) is 45.0 Å². The van der Waals surface area contributed by atoms with E-state index in [1.807, 2.05) is 0 Å². The van der Waals surface area contributed by atoms with Crippen LogP contribution in [0.1, 0.15) is 5.56 Å². The summed E-state index contributed by atoms with van der Waals surface area (Å²) in [5.41, 5.74) is 9.01. The lowest BCUT2D eigenvalue weighted by Gasteiger charge is -2.10. The molecule has 25 heavy (non-hydrogen) atoms. The summed E-state index contributed by atoms with van der Waals surface area (Å²) in [6, 6.07) is 0. The van der Waals surface area contributed by atoms with Gasteiger partial charge in [-0.1, -0.05) is 30.0 Å². The van der Waals surface area contributed by atoms with Crippen LogP contribution in [0, 0.1) is 0 Å². The van der Waals surface area contributed by atoms with Gasteiger partial charge in [0.2, 0.25) is 0 Å². The van der Waals surface area contributed by atoms with Crippen LogP contribution in [0.5, 0.6) is 0 Å². The number of thioether (sulfide) groups is 1. The van der Waals surface area contributed by atoms with Crippen LogP contribution in [-0.4, -0.2) is 62.3 Å². The van der Waals surface area contributed by atoms with Crippen LogP contribution in [0.4, 0.5) is 0 Å². The van der Waals surface area contributed by atoms with Crippen molar-refractivity contribution in [2.24, 2.45) is 5.11 Å². The van der Waals surface area contributed by atoms with E-state index in [0.29, 0.717) is 46.2 Å². The first-order valence-electron chi connectivity index (χ1n) is 7.88. The number of halogens is 1. The Hall–Kier alpha value is -0.873. The first-order chi connectivity index (χ1) is 12.0. The average Bonchev–Trinajstić information content (AvgIpc) is 2.58. The number of rotatable bonds is 14. The molecule has 140 valence electrons. The molecule has 1 aromatic rings. The van der Waals surface area contributed by atoms with Gasteiger partial charge in [0.1, 0.15) is 0 Å². The van der Waals surface area contributed by atoms with Crippen LogP contribution in [0.3, 0.4) is 0 Å². The van der Waals surface area contributed by atoms with Crippen LogP contribution >= 0.6 is 22.8 Å². The zero-order valence-electron chi connectivity index (χ0n) is 14.6. The first-order valence-corrected chi connectivity index (χ1v) is 13.1. The van der Waals surface area contributed by atoms with E-state index in [-0.39, 0.29) is 0 Å². The third kappa shape index (κ3) is 13.0. The molecule has 0 saturated carbocycles. The largest absolute Gasteiger partial charge is 0.379 e. The van der Waals surface area contributed by atoms with Crippen LogP contribution in [0.2, 0.25) is 13.1 Å². The molecule has 0 amide bonds. The number of nitrogens with zero attached hydrogens (tertiary/aromatic N) is 5. The summed E-state index contributed by atoms with van der Waals surface area (Å²) in [4.78, 5) is 11.3. The van der Waals surface area contributed by atoms with Crippen molar-refractivity contribution in [1.29, 1.82) is 0 Å². The summed E-state index contributed by atoms with van der Waals surface area (Å²) >= 11 is 7.87. The Morgan fingerprint density at radius 2 is 1.72 bits per heavy atom. The Labute approximate surface area is 158 Å². The highest BCUT2D eigenvalue weighted by Crippen LogP contribution is 2.20. The summed E-state index contributed by atoms with van der Waals surface area (Å²) in [5, 5.41) is 4.99. The highest BCUT2D eigenvalue weighted by atomic mass is 35.6. The van der Waals surface area contributed by atoms with Crippen molar-refractivity contribution in [3.63, 3.8) is 0 Å². The van der Waals surface area contributed by atoms with Crippen LogP contribution in [-0.2, 0) is 20.8 Å². The number of hydrogen-bond acceptors (Lipinski definition) is 7. The number of aromatic nitrogens is 2. The zero-order chi connectivity index (χ0) is 18.4. The second-order valence-electron chi connectivity index (χ2n) is 5.61. The summed E-state index contributed by atoms with van der Waals surface area (Å²) in [6.45, 7) is 7.32. The number of ether oxygens (including phenoxy) is 3. The van der Waals surface area contributed by atoms with E-state index in [1.54, 1.807) is 24.2 Å². The summed E-state index contributed by atoms with van der Waals surface area (Å²) in [6.07, 6.45) is 3.55. The van der Waals surface area contributed by atoms with Gasteiger partial charge in [-0.15, -0.1) is 0 Å². The van der Waals surface area contributed by atoms with Gasteiger partial charge in [-0.05, 0) is 5.53 Å². The van der Waals surface area contributed by atoms with E-state index in [9.17, 15) is 0 Å². The zero-order valence-corrected chi connectivity index (χ0v) is 17.1. The van der Waals surface area contributed by atoms with E-state index >= 15 is 0 Å². The predicted octanol–water partition coefficient (Wildman–Crippen LogP) is 3.41. The van der Waals surface area contributed by atoms with Crippen molar-refractivity contribution in [1.82, 2.24) is 9.97 Å². The van der Waals surface area contributed by atoms with E-state index in [4.69, 9.17) is 30.8 Å². The third-order valence-corrected chi connectivity index (χ3v) is 7.41. The standard InChI is InChI=1S/C14H24ClN5O3SSi/c1-25(2,15)12-24-14-17-9-13(10-18-14)11-23-8-7-22-6-5-21-4-3-19-20-16/h9-10H,3-8,11-12H2,1-2H3. The van der Waals surface area contributed by atoms with Gasteiger partial charge in [0.25, 0.3) is 0 Å². The molecular formula is C14H24ClN5O3SSi. The van der Waals surface area contributed by atoms with Gasteiger partial charge in [0.15, 0.2) is 12.5 Å². The Morgan fingerprint density at radius 1 is 1.12 bits per heavy atom. The Balaban J connectivity index is 2.02. The van der Waals surface area contributed by atoms with Crippen LogP contribution in [0.25, 0.3) is 10.4 Å². The van der Waals surface area contributed by atoms with Crippen molar-refractivity contribution in [2.45, 2.75) is 24.9 Å². The molecule has 0 fully saturated rings. The summed E-state index contributed by atoms with van der Waals surface area (Å²) in [7, 11) is -1.61. The van der Waals surface area contributed by atoms with Gasteiger partial charge in [0, 0.05) is 34.8 Å². The SMILES string of the molecule is C[Si](C)(Cl)CSc1ncc(COCCOCCOCCN=[N+]=[N-])cn1. The molecule has 0 bridgehead atoms. The van der Waals surface area contributed by atoms with Gasteiger partial charge in [0.05, 0.1) is 39.6 Å². The van der Waals surface area contributed by atoms with Gasteiger partial charge >= 0.3 is 0 Å². The molecule has 0 N–H and O–H groups in total. The van der Waals surface area contributed by atoms with E-state index in [2.05, 4.69) is 33.1 Å². The fraction of sp³-hybridized carbons (Fsp3) is 0.714. The number of azide groups is 1. The fourth-order valence-electron chi connectivity index (χ4n) is 1.51. The molecule has 0 saturated heterocycles. The second kappa shape index (κ2) is 13.3. The average molecular weight is 406 g/mol. The van der Waals surface area contributed by atoms with Crippen LogP contribution in [0.15, 0.2) is 22.7 Å². The summed E-state index contributed by atoms with van der Waals surface area (Å²) < 4.78 is 16.1. The Bertz CT molecular complexity index is 526. The van der Waals surface area contributed by atoms with Crippen molar-refractivity contribution in [3.8, 4) is 0 Å². The Kier molecular flexibility index (Phi) is 11.8. The molecule has 1 aromatic heterocycles. The molecule has 0 aliphatic heterocycles. The Morgan fingerprint density at radius 3 is 2.32 bits per heavy atom. The van der Waals surface area contributed by atoms with Gasteiger partial charge in [-0.25, -0.2) is 9.97 Å². The summed E-state index contributed by atoms with van der Waals surface area (Å²) in [5.74, 6) is 0. The van der Waals surface area contributed by atoms with Crippen molar-refractivity contribution < 1.29 is 14.2 Å². The molecule has 11 heteroatoms. The molecule has 0 unspecified atom stereocenters. The molecule has 1 rings (SSSR count). The third-order valence-electron chi connectivity index (χ3n) is 2.64. The molecule has 8 nitrogen and oxygen atoms in total. The topological polar surface area (TPSA) is 102 Å².